The Labute approximate surface area is 121 Å². The van der Waals surface area contributed by atoms with E-state index in [9.17, 15) is 10.2 Å². The lowest BCUT2D eigenvalue weighted by atomic mass is 9.84. The number of phenols is 1. The molecule has 20 heavy (non-hydrogen) atoms. The van der Waals surface area contributed by atoms with Crippen molar-refractivity contribution in [2.45, 2.75) is 57.1 Å². The summed E-state index contributed by atoms with van der Waals surface area (Å²) in [6, 6.07) is 6.07. The van der Waals surface area contributed by atoms with Crippen LogP contribution >= 0.6 is 0 Å². The zero-order valence-electron chi connectivity index (χ0n) is 12.0. The van der Waals surface area contributed by atoms with Gasteiger partial charge in [-0.1, -0.05) is 18.9 Å². The minimum absolute atomic E-state index is 0.136. The van der Waals surface area contributed by atoms with Gasteiger partial charge >= 0.3 is 0 Å². The number of rotatable bonds is 3. The van der Waals surface area contributed by atoms with Crippen molar-refractivity contribution in [1.82, 2.24) is 5.32 Å². The number of aromatic hydroxyl groups is 1. The van der Waals surface area contributed by atoms with Gasteiger partial charge in [-0.25, -0.2) is 0 Å². The molecule has 0 bridgehead atoms. The number of aliphatic hydroxyl groups excluding tert-OH is 1. The Morgan fingerprint density at radius 2 is 1.95 bits per heavy atom. The van der Waals surface area contributed by atoms with Crippen LogP contribution in [0.25, 0.3) is 0 Å². The van der Waals surface area contributed by atoms with Crippen LogP contribution in [-0.4, -0.2) is 22.9 Å². The van der Waals surface area contributed by atoms with Crippen LogP contribution in [0.15, 0.2) is 18.2 Å². The fraction of sp³-hybridized carbons (Fsp3) is 0.647. The average Bonchev–Trinajstić information content (AvgIpc) is 2.46. The van der Waals surface area contributed by atoms with Gasteiger partial charge < -0.3 is 15.5 Å². The summed E-state index contributed by atoms with van der Waals surface area (Å²) < 4.78 is 0. The third kappa shape index (κ3) is 2.99. The smallest absolute Gasteiger partial charge is 0.115 e. The number of hydrogen-bond donors (Lipinski definition) is 3. The second-order valence-electron chi connectivity index (χ2n) is 6.35. The standard InChI is InChI=1S/C17H25NO2/c19-14-9-8-12-5-3-6-16(15(12)10-14)18-11-13-4-1-2-7-17(13)20/h8-10,13,16-20H,1-7,11H2. The molecular weight excluding hydrogens is 250 g/mol. The molecule has 0 spiro atoms. The van der Waals surface area contributed by atoms with E-state index in [-0.39, 0.29) is 6.10 Å². The van der Waals surface area contributed by atoms with Crippen molar-refractivity contribution in [1.29, 1.82) is 0 Å². The molecule has 1 fully saturated rings. The molecule has 0 heterocycles. The molecular formula is C17H25NO2. The Kier molecular flexibility index (Phi) is 4.27. The van der Waals surface area contributed by atoms with Gasteiger partial charge in [-0.05, 0) is 61.3 Å². The molecule has 1 aromatic carbocycles. The van der Waals surface area contributed by atoms with Gasteiger partial charge in [0.2, 0.25) is 0 Å². The average molecular weight is 275 g/mol. The lowest BCUT2D eigenvalue weighted by Crippen LogP contribution is -2.36. The van der Waals surface area contributed by atoms with Crippen LogP contribution in [0, 0.1) is 5.92 Å². The summed E-state index contributed by atoms with van der Waals surface area (Å²) in [6.45, 7) is 0.890. The highest BCUT2D eigenvalue weighted by Gasteiger charge is 2.25. The van der Waals surface area contributed by atoms with Crippen molar-refractivity contribution in [3.8, 4) is 5.75 Å². The van der Waals surface area contributed by atoms with Gasteiger partial charge in [-0.3, -0.25) is 0 Å². The van der Waals surface area contributed by atoms with Crippen molar-refractivity contribution >= 4 is 0 Å². The van der Waals surface area contributed by atoms with Crippen molar-refractivity contribution in [2.75, 3.05) is 6.54 Å². The summed E-state index contributed by atoms with van der Waals surface area (Å²) in [5, 5.41) is 23.4. The number of phenolic OH excluding ortho intramolecular Hbond substituents is 1. The molecule has 110 valence electrons. The molecule has 0 amide bonds. The van der Waals surface area contributed by atoms with Crippen molar-refractivity contribution in [3.63, 3.8) is 0 Å². The molecule has 2 aliphatic rings. The summed E-state index contributed by atoms with van der Waals surface area (Å²) in [5.74, 6) is 0.751. The number of benzene rings is 1. The molecule has 2 aliphatic carbocycles. The highest BCUT2D eigenvalue weighted by atomic mass is 16.3. The van der Waals surface area contributed by atoms with Gasteiger partial charge in [0.15, 0.2) is 0 Å². The minimum Gasteiger partial charge on any atom is -0.508 e. The van der Waals surface area contributed by atoms with E-state index < -0.39 is 0 Å². The number of aryl methyl sites for hydroxylation is 1. The highest BCUT2D eigenvalue weighted by molar-refractivity contribution is 5.38. The largest absolute Gasteiger partial charge is 0.508 e. The number of aliphatic hydroxyl groups is 1. The van der Waals surface area contributed by atoms with Crippen LogP contribution in [0.3, 0.4) is 0 Å². The summed E-state index contributed by atoms with van der Waals surface area (Å²) in [7, 11) is 0. The monoisotopic (exact) mass is 275 g/mol. The molecule has 1 aromatic rings. The van der Waals surface area contributed by atoms with E-state index in [0.717, 1.165) is 38.6 Å². The Balaban J connectivity index is 1.65. The second-order valence-corrected chi connectivity index (χ2v) is 6.35. The van der Waals surface area contributed by atoms with Gasteiger partial charge in [-0.2, -0.15) is 0 Å². The molecule has 1 saturated carbocycles. The molecule has 0 aliphatic heterocycles. The van der Waals surface area contributed by atoms with Gasteiger partial charge in [0.1, 0.15) is 5.75 Å². The second kappa shape index (κ2) is 6.15. The van der Waals surface area contributed by atoms with Crippen LogP contribution in [0.4, 0.5) is 0 Å². The molecule has 3 heteroatoms. The third-order valence-corrected chi connectivity index (χ3v) is 4.94. The lowest BCUT2D eigenvalue weighted by molar-refractivity contribution is 0.0677. The maximum Gasteiger partial charge on any atom is 0.115 e. The topological polar surface area (TPSA) is 52.5 Å². The van der Waals surface area contributed by atoms with Crippen LogP contribution in [0.2, 0.25) is 0 Å². The first kappa shape index (κ1) is 13.9. The lowest BCUT2D eigenvalue weighted by Gasteiger charge is -2.32. The van der Waals surface area contributed by atoms with E-state index in [0.29, 0.717) is 17.7 Å². The third-order valence-electron chi connectivity index (χ3n) is 4.94. The van der Waals surface area contributed by atoms with Gasteiger partial charge in [-0.15, -0.1) is 0 Å². The quantitative estimate of drug-likeness (QED) is 0.795. The fourth-order valence-electron chi connectivity index (χ4n) is 3.72. The first-order valence-electron chi connectivity index (χ1n) is 7.97. The van der Waals surface area contributed by atoms with Gasteiger partial charge in [0, 0.05) is 12.6 Å². The predicted molar refractivity (Wildman–Crippen MR) is 79.8 cm³/mol. The molecule has 3 unspecified atom stereocenters. The molecule has 0 radical (unpaired) electrons. The Morgan fingerprint density at radius 3 is 2.80 bits per heavy atom. The summed E-state index contributed by atoms with van der Waals surface area (Å²) in [5.41, 5.74) is 2.61. The number of hydrogen-bond acceptors (Lipinski definition) is 3. The van der Waals surface area contributed by atoms with E-state index in [2.05, 4.69) is 5.32 Å². The van der Waals surface area contributed by atoms with E-state index in [1.807, 2.05) is 12.1 Å². The van der Waals surface area contributed by atoms with Gasteiger partial charge in [0.25, 0.3) is 0 Å². The number of fused-ring (bicyclic) bond motifs is 1. The summed E-state index contributed by atoms with van der Waals surface area (Å²) in [6.07, 6.45) is 7.79. The molecule has 3 atom stereocenters. The zero-order chi connectivity index (χ0) is 13.9. The summed E-state index contributed by atoms with van der Waals surface area (Å²) >= 11 is 0. The van der Waals surface area contributed by atoms with Gasteiger partial charge in [0.05, 0.1) is 6.10 Å². The minimum atomic E-state index is -0.136. The highest BCUT2D eigenvalue weighted by Crippen LogP contribution is 2.33. The zero-order valence-corrected chi connectivity index (χ0v) is 12.0. The summed E-state index contributed by atoms with van der Waals surface area (Å²) in [4.78, 5) is 0. The molecule has 0 aromatic heterocycles. The molecule has 3 rings (SSSR count). The van der Waals surface area contributed by atoms with E-state index in [4.69, 9.17) is 0 Å². The molecule has 3 N–H and O–H groups in total. The van der Waals surface area contributed by atoms with Crippen molar-refractivity contribution in [3.05, 3.63) is 29.3 Å². The first-order chi connectivity index (χ1) is 9.74. The first-order valence-corrected chi connectivity index (χ1v) is 7.97. The normalized spacial score (nSPS) is 29.9. The Bertz CT molecular complexity index is 460. The molecule has 3 nitrogen and oxygen atoms in total. The fourth-order valence-corrected chi connectivity index (χ4v) is 3.72. The SMILES string of the molecule is Oc1ccc2c(c1)C(NCC1CCCCC1O)CCC2. The Hall–Kier alpha value is -1.06. The Morgan fingerprint density at radius 1 is 1.10 bits per heavy atom. The van der Waals surface area contributed by atoms with E-state index in [1.54, 1.807) is 6.07 Å². The molecule has 0 saturated heterocycles. The maximum atomic E-state index is 10.1. The van der Waals surface area contributed by atoms with Crippen LogP contribution < -0.4 is 5.32 Å². The van der Waals surface area contributed by atoms with Crippen molar-refractivity contribution in [2.24, 2.45) is 5.92 Å². The van der Waals surface area contributed by atoms with E-state index >= 15 is 0 Å². The number of nitrogens with one attached hydrogen (secondary N) is 1. The van der Waals surface area contributed by atoms with Crippen LogP contribution in [0.5, 0.6) is 5.75 Å². The maximum absolute atomic E-state index is 10.1. The van der Waals surface area contributed by atoms with Crippen molar-refractivity contribution < 1.29 is 10.2 Å². The van der Waals surface area contributed by atoms with Crippen LogP contribution in [0.1, 0.15) is 55.7 Å². The van der Waals surface area contributed by atoms with E-state index in [1.165, 1.54) is 24.0 Å². The van der Waals surface area contributed by atoms with Crippen LogP contribution in [-0.2, 0) is 6.42 Å². The predicted octanol–water partition coefficient (Wildman–Crippen LogP) is 2.91.